The standard InChI is InChI=1S/C16H21NO4/c1-20-12-3-5-13(6-4-12)21-10-16(19)17-8-11-2-7-15(18)14(11)9-17/h3-6,11,14-15,18H,2,7-10H2,1H3. The van der Waals surface area contributed by atoms with Crippen molar-refractivity contribution in [2.45, 2.75) is 18.9 Å². The van der Waals surface area contributed by atoms with Crippen LogP contribution in [0.25, 0.3) is 0 Å². The zero-order chi connectivity index (χ0) is 14.8. The summed E-state index contributed by atoms with van der Waals surface area (Å²) in [7, 11) is 1.61. The van der Waals surface area contributed by atoms with E-state index in [-0.39, 0.29) is 24.5 Å². The summed E-state index contributed by atoms with van der Waals surface area (Å²) < 4.78 is 10.6. The summed E-state index contributed by atoms with van der Waals surface area (Å²) >= 11 is 0. The summed E-state index contributed by atoms with van der Waals surface area (Å²) in [5, 5.41) is 9.88. The summed E-state index contributed by atoms with van der Waals surface area (Å²) in [5.74, 6) is 2.13. The molecule has 5 nitrogen and oxygen atoms in total. The van der Waals surface area contributed by atoms with Gasteiger partial charge in [-0.25, -0.2) is 0 Å². The molecule has 3 unspecified atom stereocenters. The average Bonchev–Trinajstić information content (AvgIpc) is 3.08. The van der Waals surface area contributed by atoms with E-state index in [1.165, 1.54) is 0 Å². The highest BCUT2D eigenvalue weighted by Gasteiger charge is 2.43. The van der Waals surface area contributed by atoms with E-state index in [2.05, 4.69) is 0 Å². The SMILES string of the molecule is COc1ccc(OCC(=O)N2CC3CCC(O)C3C2)cc1. The lowest BCUT2D eigenvalue weighted by Crippen LogP contribution is -2.34. The van der Waals surface area contributed by atoms with Gasteiger partial charge in [0.15, 0.2) is 6.61 Å². The zero-order valence-corrected chi connectivity index (χ0v) is 12.2. The molecule has 21 heavy (non-hydrogen) atoms. The van der Waals surface area contributed by atoms with Gasteiger partial charge in [-0.05, 0) is 43.0 Å². The Hall–Kier alpha value is -1.75. The molecule has 1 saturated carbocycles. The smallest absolute Gasteiger partial charge is 0.260 e. The molecular formula is C16H21NO4. The first-order valence-corrected chi connectivity index (χ1v) is 7.40. The van der Waals surface area contributed by atoms with Gasteiger partial charge in [0.2, 0.25) is 0 Å². The average molecular weight is 291 g/mol. The largest absolute Gasteiger partial charge is 0.497 e. The third-order valence-corrected chi connectivity index (χ3v) is 4.59. The van der Waals surface area contributed by atoms with Crippen molar-refractivity contribution in [3.05, 3.63) is 24.3 Å². The molecule has 1 aromatic carbocycles. The van der Waals surface area contributed by atoms with Crippen LogP contribution in [0.2, 0.25) is 0 Å². The number of rotatable bonds is 4. The lowest BCUT2D eigenvalue weighted by molar-refractivity contribution is -0.132. The molecule has 0 bridgehead atoms. The minimum atomic E-state index is -0.240. The molecule has 3 rings (SSSR count). The highest BCUT2D eigenvalue weighted by atomic mass is 16.5. The first-order chi connectivity index (χ1) is 10.2. The molecule has 2 aliphatic rings. The number of carbonyl (C=O) groups is 1. The van der Waals surface area contributed by atoms with Crippen molar-refractivity contribution in [2.24, 2.45) is 11.8 Å². The summed E-state index contributed by atoms with van der Waals surface area (Å²) in [6.45, 7) is 1.46. The summed E-state index contributed by atoms with van der Waals surface area (Å²) in [5.41, 5.74) is 0. The minimum absolute atomic E-state index is 0.00702. The second-order valence-corrected chi connectivity index (χ2v) is 5.83. The van der Waals surface area contributed by atoms with Crippen LogP contribution in [0.4, 0.5) is 0 Å². The van der Waals surface area contributed by atoms with Crippen LogP contribution < -0.4 is 9.47 Å². The summed E-state index contributed by atoms with van der Waals surface area (Å²) in [6, 6.07) is 7.18. The zero-order valence-electron chi connectivity index (χ0n) is 12.2. The van der Waals surface area contributed by atoms with Crippen LogP contribution in [0.3, 0.4) is 0 Å². The van der Waals surface area contributed by atoms with E-state index in [1.54, 1.807) is 31.4 Å². The Morgan fingerprint density at radius 2 is 1.95 bits per heavy atom. The minimum Gasteiger partial charge on any atom is -0.497 e. The number of carbonyl (C=O) groups excluding carboxylic acids is 1. The number of hydrogen-bond acceptors (Lipinski definition) is 4. The van der Waals surface area contributed by atoms with Crippen LogP contribution in [0.5, 0.6) is 11.5 Å². The van der Waals surface area contributed by atoms with Crippen molar-refractivity contribution in [2.75, 3.05) is 26.8 Å². The fraction of sp³-hybridized carbons (Fsp3) is 0.562. The molecular weight excluding hydrogens is 270 g/mol. The predicted octanol–water partition coefficient (Wildman–Crippen LogP) is 1.30. The van der Waals surface area contributed by atoms with Gasteiger partial charge in [-0.1, -0.05) is 0 Å². The number of methoxy groups -OCH3 is 1. The maximum atomic E-state index is 12.2. The maximum absolute atomic E-state index is 12.2. The van der Waals surface area contributed by atoms with Gasteiger partial charge in [0.05, 0.1) is 13.2 Å². The van der Waals surface area contributed by atoms with Crippen molar-refractivity contribution < 1.29 is 19.4 Å². The van der Waals surface area contributed by atoms with Gasteiger partial charge in [-0.2, -0.15) is 0 Å². The lowest BCUT2D eigenvalue weighted by Gasteiger charge is -2.18. The van der Waals surface area contributed by atoms with E-state index in [9.17, 15) is 9.90 Å². The third-order valence-electron chi connectivity index (χ3n) is 4.59. The monoisotopic (exact) mass is 291 g/mol. The second kappa shape index (κ2) is 5.93. The second-order valence-electron chi connectivity index (χ2n) is 5.83. The Kier molecular flexibility index (Phi) is 4.01. The van der Waals surface area contributed by atoms with Crippen molar-refractivity contribution in [1.82, 2.24) is 4.90 Å². The van der Waals surface area contributed by atoms with Crippen LogP contribution in [-0.4, -0.2) is 48.8 Å². The molecule has 0 radical (unpaired) electrons. The van der Waals surface area contributed by atoms with Gasteiger partial charge in [0.25, 0.3) is 5.91 Å². The first-order valence-electron chi connectivity index (χ1n) is 7.40. The van der Waals surface area contributed by atoms with Crippen molar-refractivity contribution >= 4 is 5.91 Å². The van der Waals surface area contributed by atoms with Gasteiger partial charge in [-0.15, -0.1) is 0 Å². The van der Waals surface area contributed by atoms with Crippen molar-refractivity contribution in [1.29, 1.82) is 0 Å². The molecule has 1 aliphatic carbocycles. The van der Waals surface area contributed by atoms with E-state index in [4.69, 9.17) is 9.47 Å². The fourth-order valence-electron chi connectivity index (χ4n) is 3.35. The van der Waals surface area contributed by atoms with E-state index in [1.807, 2.05) is 4.90 Å². The Balaban J connectivity index is 1.50. The molecule has 5 heteroatoms. The number of ether oxygens (including phenoxy) is 2. The van der Waals surface area contributed by atoms with Crippen molar-refractivity contribution in [3.63, 3.8) is 0 Å². The Morgan fingerprint density at radius 1 is 1.24 bits per heavy atom. The Morgan fingerprint density at radius 3 is 2.62 bits per heavy atom. The van der Waals surface area contributed by atoms with Gasteiger partial charge < -0.3 is 19.5 Å². The summed E-state index contributed by atoms with van der Waals surface area (Å²) in [6.07, 6.45) is 1.66. The Labute approximate surface area is 124 Å². The number of benzene rings is 1. The number of aliphatic hydroxyl groups is 1. The van der Waals surface area contributed by atoms with Gasteiger partial charge in [0.1, 0.15) is 11.5 Å². The van der Waals surface area contributed by atoms with Gasteiger partial charge in [-0.3, -0.25) is 4.79 Å². The Bertz CT molecular complexity index is 502. The number of likely N-dealkylation sites (tertiary alicyclic amines) is 1. The third kappa shape index (κ3) is 2.97. The van der Waals surface area contributed by atoms with E-state index in [0.29, 0.717) is 18.2 Å². The summed E-state index contributed by atoms with van der Waals surface area (Å²) in [4.78, 5) is 14.0. The van der Waals surface area contributed by atoms with Crippen LogP contribution in [0.15, 0.2) is 24.3 Å². The van der Waals surface area contributed by atoms with Crippen LogP contribution in [0, 0.1) is 11.8 Å². The fourth-order valence-corrected chi connectivity index (χ4v) is 3.35. The van der Waals surface area contributed by atoms with Gasteiger partial charge >= 0.3 is 0 Å². The van der Waals surface area contributed by atoms with Crippen molar-refractivity contribution in [3.8, 4) is 11.5 Å². The van der Waals surface area contributed by atoms with Crippen LogP contribution >= 0.6 is 0 Å². The molecule has 1 aromatic rings. The van der Waals surface area contributed by atoms with E-state index < -0.39 is 0 Å². The van der Waals surface area contributed by atoms with Crippen LogP contribution in [-0.2, 0) is 4.79 Å². The molecule has 2 fully saturated rings. The van der Waals surface area contributed by atoms with E-state index >= 15 is 0 Å². The topological polar surface area (TPSA) is 59.0 Å². The molecule has 1 saturated heterocycles. The molecule has 0 spiro atoms. The number of aliphatic hydroxyl groups excluding tert-OH is 1. The van der Waals surface area contributed by atoms with E-state index in [0.717, 1.165) is 25.1 Å². The predicted molar refractivity (Wildman–Crippen MR) is 77.3 cm³/mol. The maximum Gasteiger partial charge on any atom is 0.260 e. The molecule has 1 amide bonds. The quantitative estimate of drug-likeness (QED) is 0.908. The molecule has 1 N–H and O–H groups in total. The number of amides is 1. The highest BCUT2D eigenvalue weighted by Crippen LogP contribution is 2.38. The number of fused-ring (bicyclic) bond motifs is 1. The molecule has 0 aromatic heterocycles. The lowest BCUT2D eigenvalue weighted by atomic mass is 10.00. The first kappa shape index (κ1) is 14.2. The van der Waals surface area contributed by atoms with Crippen LogP contribution in [0.1, 0.15) is 12.8 Å². The number of hydrogen-bond donors (Lipinski definition) is 1. The number of nitrogens with zero attached hydrogens (tertiary/aromatic N) is 1. The molecule has 114 valence electrons. The molecule has 1 heterocycles. The molecule has 3 atom stereocenters. The van der Waals surface area contributed by atoms with Gasteiger partial charge in [0, 0.05) is 19.0 Å². The highest BCUT2D eigenvalue weighted by molar-refractivity contribution is 5.78. The normalized spacial score (nSPS) is 27.5. The molecule has 1 aliphatic heterocycles.